The molecule has 2 amide bonds. The molecule has 0 aliphatic carbocycles. The molecule has 0 bridgehead atoms. The first-order valence-electron chi connectivity index (χ1n) is 11.4. The minimum absolute atomic E-state index is 0.00187. The summed E-state index contributed by atoms with van der Waals surface area (Å²) in [6.45, 7) is -0.622. The predicted octanol–water partition coefficient (Wildman–Crippen LogP) is 3.43. The quantitative estimate of drug-likeness (QED) is 0.440. The number of fused-ring (bicyclic) bond motifs is 1. The lowest BCUT2D eigenvalue weighted by Gasteiger charge is -2.35. The summed E-state index contributed by atoms with van der Waals surface area (Å²) in [7, 11) is -4.40. The average Bonchev–Trinajstić information content (AvgIpc) is 3.29. The van der Waals surface area contributed by atoms with Gasteiger partial charge in [0.1, 0.15) is 23.4 Å². The van der Waals surface area contributed by atoms with E-state index in [1.54, 1.807) is 24.3 Å². The van der Waals surface area contributed by atoms with Crippen molar-refractivity contribution in [2.45, 2.75) is 38.0 Å². The molecule has 11 nitrogen and oxygen atoms in total. The van der Waals surface area contributed by atoms with Gasteiger partial charge >= 0.3 is 12.6 Å². The molecule has 1 aliphatic rings. The SMILES string of the molecule is CC(=O)NC[C@H]1CN(S(=O)(=O)c2cn(C(F)F)nc2C)c2cc(NC(=O)OCc3ccccc3)ccc2O1. The molecule has 14 heteroatoms. The minimum Gasteiger partial charge on any atom is -0.484 e. The fourth-order valence-electron chi connectivity index (χ4n) is 3.80. The summed E-state index contributed by atoms with van der Waals surface area (Å²) in [6.07, 6.45) is -0.783. The highest BCUT2D eigenvalue weighted by Gasteiger charge is 2.37. The first-order valence-corrected chi connectivity index (χ1v) is 12.9. The molecule has 38 heavy (non-hydrogen) atoms. The van der Waals surface area contributed by atoms with Crippen molar-refractivity contribution in [3.63, 3.8) is 0 Å². The molecule has 2 N–H and O–H groups in total. The summed E-state index contributed by atoms with van der Waals surface area (Å²) in [5.41, 5.74) is 0.944. The maximum atomic E-state index is 13.7. The molecule has 202 valence electrons. The second-order valence-electron chi connectivity index (χ2n) is 8.42. The fourth-order valence-corrected chi connectivity index (χ4v) is 5.45. The van der Waals surface area contributed by atoms with Crippen molar-refractivity contribution in [2.75, 3.05) is 22.7 Å². The molecule has 0 spiro atoms. The van der Waals surface area contributed by atoms with Crippen LogP contribution in [0.2, 0.25) is 0 Å². The molecule has 1 aromatic heterocycles. The van der Waals surface area contributed by atoms with Crippen LogP contribution in [0.5, 0.6) is 5.75 Å². The second kappa shape index (κ2) is 11.0. The number of aromatic nitrogens is 2. The molecule has 0 radical (unpaired) electrons. The standard InChI is InChI=1S/C24H25F2N5O6S/c1-15-22(13-30(29-15)23(25)26)38(34,35)31-12-19(11-27-16(2)32)37-21-9-8-18(10-20(21)31)28-24(33)36-14-17-6-4-3-5-7-17/h3-10,13,19,23H,11-12,14H2,1-2H3,(H,27,32)(H,28,33)/t19-/m0/s1. The number of carbonyl (C=O) groups excluding carboxylic acids is 2. The van der Waals surface area contributed by atoms with E-state index in [2.05, 4.69) is 15.7 Å². The zero-order valence-electron chi connectivity index (χ0n) is 20.4. The van der Waals surface area contributed by atoms with Gasteiger partial charge in [-0.05, 0) is 30.7 Å². The number of ether oxygens (including phenoxy) is 2. The van der Waals surface area contributed by atoms with Gasteiger partial charge in [0.25, 0.3) is 10.0 Å². The van der Waals surface area contributed by atoms with Crippen molar-refractivity contribution in [1.29, 1.82) is 0 Å². The molecule has 0 fully saturated rings. The number of hydrogen-bond donors (Lipinski definition) is 2. The number of carbonyl (C=O) groups is 2. The van der Waals surface area contributed by atoms with E-state index in [9.17, 15) is 26.8 Å². The van der Waals surface area contributed by atoms with E-state index < -0.39 is 33.7 Å². The monoisotopic (exact) mass is 549 g/mol. The van der Waals surface area contributed by atoms with Crippen molar-refractivity contribution < 1.29 is 36.3 Å². The number of nitrogens with one attached hydrogen (secondary N) is 2. The Hall–Kier alpha value is -4.20. The zero-order valence-corrected chi connectivity index (χ0v) is 21.2. The van der Waals surface area contributed by atoms with Gasteiger partial charge in [-0.25, -0.2) is 17.9 Å². The van der Waals surface area contributed by atoms with Crippen LogP contribution in [0.25, 0.3) is 0 Å². The second-order valence-corrected chi connectivity index (χ2v) is 10.2. The van der Waals surface area contributed by atoms with Crippen LogP contribution in [0.4, 0.5) is 25.0 Å². The van der Waals surface area contributed by atoms with Gasteiger partial charge in [-0.2, -0.15) is 13.9 Å². The van der Waals surface area contributed by atoms with Gasteiger partial charge in [0.05, 0.1) is 30.7 Å². The van der Waals surface area contributed by atoms with E-state index in [0.29, 0.717) is 0 Å². The van der Waals surface area contributed by atoms with Crippen LogP contribution in [0.15, 0.2) is 59.6 Å². The number of rotatable bonds is 8. The first-order chi connectivity index (χ1) is 18.0. The van der Waals surface area contributed by atoms with Crippen molar-refractivity contribution >= 4 is 33.4 Å². The summed E-state index contributed by atoms with van der Waals surface area (Å²) in [4.78, 5) is 23.3. The van der Waals surface area contributed by atoms with E-state index in [1.165, 1.54) is 32.0 Å². The van der Waals surface area contributed by atoms with Crippen LogP contribution in [0.1, 0.15) is 24.7 Å². The Morgan fingerprint density at radius 1 is 1.21 bits per heavy atom. The van der Waals surface area contributed by atoms with E-state index in [4.69, 9.17) is 9.47 Å². The molecule has 0 saturated heterocycles. The van der Waals surface area contributed by atoms with Crippen LogP contribution in [-0.2, 0) is 26.2 Å². The van der Waals surface area contributed by atoms with Gasteiger partial charge in [-0.15, -0.1) is 0 Å². The Bertz CT molecular complexity index is 1430. The maximum absolute atomic E-state index is 13.7. The van der Waals surface area contributed by atoms with Crippen LogP contribution < -0.4 is 19.7 Å². The van der Waals surface area contributed by atoms with E-state index in [1.807, 2.05) is 6.07 Å². The number of sulfonamides is 1. The molecule has 0 saturated carbocycles. The molecule has 0 unspecified atom stereocenters. The van der Waals surface area contributed by atoms with Crippen LogP contribution in [0.3, 0.4) is 0 Å². The highest BCUT2D eigenvalue weighted by Crippen LogP contribution is 2.39. The highest BCUT2D eigenvalue weighted by atomic mass is 32.2. The van der Waals surface area contributed by atoms with Gasteiger partial charge in [-0.1, -0.05) is 30.3 Å². The Kier molecular flexibility index (Phi) is 7.80. The molecule has 2 aromatic carbocycles. The Labute approximate surface area is 217 Å². The summed E-state index contributed by atoms with van der Waals surface area (Å²) < 4.78 is 66.0. The zero-order chi connectivity index (χ0) is 27.4. The number of halogens is 2. The number of nitrogens with zero attached hydrogens (tertiary/aromatic N) is 3. The average molecular weight is 550 g/mol. The Balaban J connectivity index is 1.62. The van der Waals surface area contributed by atoms with Crippen molar-refractivity contribution in [2.24, 2.45) is 0 Å². The lowest BCUT2D eigenvalue weighted by Crippen LogP contribution is -2.48. The Morgan fingerprint density at radius 2 is 1.95 bits per heavy atom. The topological polar surface area (TPSA) is 132 Å². The largest absolute Gasteiger partial charge is 0.484 e. The van der Waals surface area contributed by atoms with Crippen molar-refractivity contribution in [1.82, 2.24) is 15.1 Å². The molecule has 3 aromatic rings. The number of anilines is 2. The summed E-state index contributed by atoms with van der Waals surface area (Å²) in [5.74, 6) is -0.186. The predicted molar refractivity (Wildman–Crippen MR) is 133 cm³/mol. The van der Waals surface area contributed by atoms with Gasteiger partial charge in [-0.3, -0.25) is 14.4 Å². The minimum atomic E-state index is -4.40. The molecule has 4 rings (SSSR count). The molecule has 2 heterocycles. The third kappa shape index (κ3) is 6.02. The van der Waals surface area contributed by atoms with Crippen LogP contribution in [-0.4, -0.2) is 49.4 Å². The number of aryl methyl sites for hydroxylation is 1. The van der Waals surface area contributed by atoms with Crippen LogP contribution >= 0.6 is 0 Å². The summed E-state index contributed by atoms with van der Waals surface area (Å²) in [6, 6.07) is 13.4. The Morgan fingerprint density at radius 3 is 2.61 bits per heavy atom. The lowest BCUT2D eigenvalue weighted by molar-refractivity contribution is -0.119. The van der Waals surface area contributed by atoms with Gasteiger partial charge in [0.15, 0.2) is 0 Å². The number of amides is 2. The first kappa shape index (κ1) is 26.9. The summed E-state index contributed by atoms with van der Waals surface area (Å²) in [5, 5.41) is 8.73. The summed E-state index contributed by atoms with van der Waals surface area (Å²) >= 11 is 0. The van der Waals surface area contributed by atoms with Gasteiger partial charge in [0.2, 0.25) is 5.91 Å². The molecule has 1 aliphatic heterocycles. The van der Waals surface area contributed by atoms with Gasteiger partial charge < -0.3 is 14.8 Å². The number of alkyl halides is 2. The van der Waals surface area contributed by atoms with Crippen molar-refractivity contribution in [3.05, 3.63) is 66.0 Å². The number of benzene rings is 2. The van der Waals surface area contributed by atoms with Crippen molar-refractivity contribution in [3.8, 4) is 5.75 Å². The smallest absolute Gasteiger partial charge is 0.411 e. The lowest BCUT2D eigenvalue weighted by atomic mass is 10.2. The maximum Gasteiger partial charge on any atom is 0.411 e. The fraction of sp³-hybridized carbons (Fsp3) is 0.292. The van der Waals surface area contributed by atoms with E-state index in [-0.39, 0.29) is 53.1 Å². The van der Waals surface area contributed by atoms with Crippen LogP contribution in [0, 0.1) is 6.92 Å². The van der Waals surface area contributed by atoms with E-state index >= 15 is 0 Å². The highest BCUT2D eigenvalue weighted by molar-refractivity contribution is 7.92. The third-order valence-electron chi connectivity index (χ3n) is 5.57. The molecular weight excluding hydrogens is 524 g/mol. The van der Waals surface area contributed by atoms with Gasteiger partial charge in [0, 0.05) is 12.6 Å². The molecule has 1 atom stereocenters. The van der Waals surface area contributed by atoms with E-state index in [0.717, 1.165) is 16.1 Å². The molecular formula is C24H25F2N5O6S. The number of hydrogen-bond acceptors (Lipinski definition) is 7. The third-order valence-corrected chi connectivity index (χ3v) is 7.45. The normalized spacial score (nSPS) is 15.0.